The van der Waals surface area contributed by atoms with Crippen LogP contribution in [0.4, 0.5) is 0 Å². The number of likely N-dealkylation sites (N-methyl/N-ethyl adjacent to an activating group) is 1. The highest BCUT2D eigenvalue weighted by Crippen LogP contribution is 2.03. The van der Waals surface area contributed by atoms with Crippen LogP contribution in [0.1, 0.15) is 12.5 Å². The highest BCUT2D eigenvalue weighted by Gasteiger charge is 2.19. The number of hydrogen-bond acceptors (Lipinski definition) is 4. The molecule has 1 amide bonds. The van der Waals surface area contributed by atoms with Crippen molar-refractivity contribution in [2.24, 2.45) is 5.92 Å². The van der Waals surface area contributed by atoms with Crippen LogP contribution >= 0.6 is 12.4 Å². The molecule has 1 aromatic carbocycles. The molecule has 0 aliphatic carbocycles. The Hall–Kier alpha value is -1.14. The van der Waals surface area contributed by atoms with Crippen molar-refractivity contribution in [2.45, 2.75) is 19.6 Å². The summed E-state index contributed by atoms with van der Waals surface area (Å²) in [6, 6.07) is 9.80. The van der Waals surface area contributed by atoms with Gasteiger partial charge in [0.1, 0.15) is 0 Å². The summed E-state index contributed by atoms with van der Waals surface area (Å²) in [5.74, 6) is -0.0797. The maximum absolute atomic E-state index is 12.0. The summed E-state index contributed by atoms with van der Waals surface area (Å²) >= 11 is 0. The number of rotatable bonds is 9. The summed E-state index contributed by atoms with van der Waals surface area (Å²) in [4.78, 5) is 13.6. The van der Waals surface area contributed by atoms with Gasteiger partial charge in [-0.25, -0.2) is 0 Å². The fourth-order valence-corrected chi connectivity index (χ4v) is 2.12. The third-order valence-corrected chi connectivity index (χ3v) is 3.21. The summed E-state index contributed by atoms with van der Waals surface area (Å²) in [7, 11) is 3.52. The lowest BCUT2D eigenvalue weighted by Crippen LogP contribution is -2.41. The van der Waals surface area contributed by atoms with Gasteiger partial charge in [0.15, 0.2) is 0 Å². The van der Waals surface area contributed by atoms with E-state index in [0.29, 0.717) is 13.2 Å². The van der Waals surface area contributed by atoms with Crippen molar-refractivity contribution < 1.29 is 14.6 Å². The molecule has 1 aromatic rings. The Morgan fingerprint density at radius 2 is 2.00 bits per heavy atom. The molecule has 2 unspecified atom stereocenters. The standard InChI is InChI=1S/C16H26N2O3.ClH/c1-13(9-17-2)16(20)18(3)10-15(19)12-21-11-14-7-5-4-6-8-14;/h4-8,13,15,17,19H,9-12H2,1-3H3;1H. The normalized spacial score (nSPS) is 13.1. The van der Waals surface area contributed by atoms with Crippen LogP contribution in [0.25, 0.3) is 0 Å². The number of benzene rings is 1. The average Bonchev–Trinajstić information content (AvgIpc) is 2.47. The van der Waals surface area contributed by atoms with Gasteiger partial charge in [-0.15, -0.1) is 12.4 Å². The fourth-order valence-electron chi connectivity index (χ4n) is 2.12. The zero-order valence-corrected chi connectivity index (χ0v) is 14.3. The van der Waals surface area contributed by atoms with Gasteiger partial charge in [-0.2, -0.15) is 0 Å². The van der Waals surface area contributed by atoms with Crippen molar-refractivity contribution in [2.75, 3.05) is 33.8 Å². The predicted molar refractivity (Wildman–Crippen MR) is 90.1 cm³/mol. The number of carbonyl (C=O) groups excluding carboxylic acids is 1. The van der Waals surface area contributed by atoms with E-state index >= 15 is 0 Å². The van der Waals surface area contributed by atoms with E-state index in [1.807, 2.05) is 44.3 Å². The highest BCUT2D eigenvalue weighted by molar-refractivity contribution is 5.85. The van der Waals surface area contributed by atoms with Gasteiger partial charge in [0, 0.05) is 26.1 Å². The summed E-state index contributed by atoms with van der Waals surface area (Å²) in [5, 5.41) is 12.9. The largest absolute Gasteiger partial charge is 0.389 e. The quantitative estimate of drug-likeness (QED) is 0.716. The van der Waals surface area contributed by atoms with Crippen LogP contribution in [-0.2, 0) is 16.1 Å². The topological polar surface area (TPSA) is 61.8 Å². The van der Waals surface area contributed by atoms with Crippen molar-refractivity contribution in [3.05, 3.63) is 35.9 Å². The number of nitrogens with zero attached hydrogens (tertiary/aromatic N) is 1. The molecule has 0 saturated carbocycles. The lowest BCUT2D eigenvalue weighted by molar-refractivity contribution is -0.135. The van der Waals surface area contributed by atoms with Crippen molar-refractivity contribution in [3.63, 3.8) is 0 Å². The van der Waals surface area contributed by atoms with Gasteiger partial charge in [-0.3, -0.25) is 4.79 Å². The lowest BCUT2D eigenvalue weighted by Gasteiger charge is -2.24. The Morgan fingerprint density at radius 1 is 1.36 bits per heavy atom. The molecule has 1 rings (SSSR count). The van der Waals surface area contributed by atoms with Gasteiger partial charge in [0.2, 0.25) is 5.91 Å². The number of halogens is 1. The lowest BCUT2D eigenvalue weighted by atomic mass is 10.1. The van der Waals surface area contributed by atoms with Crippen LogP contribution in [-0.4, -0.2) is 55.8 Å². The van der Waals surface area contributed by atoms with E-state index in [0.717, 1.165) is 5.56 Å². The second-order valence-corrected chi connectivity index (χ2v) is 5.33. The highest BCUT2D eigenvalue weighted by atomic mass is 35.5. The summed E-state index contributed by atoms with van der Waals surface area (Å²) in [6.45, 7) is 3.46. The van der Waals surface area contributed by atoms with Crippen LogP contribution in [0.3, 0.4) is 0 Å². The van der Waals surface area contributed by atoms with Gasteiger partial charge < -0.3 is 20.1 Å². The molecule has 0 heterocycles. The molecular formula is C16H27ClN2O3. The molecule has 22 heavy (non-hydrogen) atoms. The minimum absolute atomic E-state index is 0. The van der Waals surface area contributed by atoms with Crippen LogP contribution in [0.2, 0.25) is 0 Å². The Balaban J connectivity index is 0.00000441. The predicted octanol–water partition coefficient (Wildman–Crippen LogP) is 1.30. The zero-order valence-electron chi connectivity index (χ0n) is 13.5. The third kappa shape index (κ3) is 7.75. The Labute approximate surface area is 139 Å². The fraction of sp³-hybridized carbons (Fsp3) is 0.562. The first-order valence-corrected chi connectivity index (χ1v) is 7.24. The Kier molecular flexibility index (Phi) is 10.8. The van der Waals surface area contributed by atoms with E-state index in [9.17, 15) is 9.90 Å². The first-order chi connectivity index (χ1) is 10.0. The Bertz CT molecular complexity index is 417. The number of amides is 1. The molecule has 0 saturated heterocycles. The number of ether oxygens (including phenoxy) is 1. The molecule has 2 atom stereocenters. The second kappa shape index (κ2) is 11.4. The molecule has 0 aromatic heterocycles. The number of carbonyl (C=O) groups is 1. The van der Waals surface area contributed by atoms with Crippen LogP contribution in [0, 0.1) is 5.92 Å². The number of aliphatic hydroxyl groups excluding tert-OH is 1. The van der Waals surface area contributed by atoms with E-state index in [4.69, 9.17) is 4.74 Å². The molecule has 0 aliphatic rings. The van der Waals surface area contributed by atoms with Crippen molar-refractivity contribution in [3.8, 4) is 0 Å². The van der Waals surface area contributed by atoms with Gasteiger partial charge in [0.25, 0.3) is 0 Å². The first kappa shape index (κ1) is 20.9. The smallest absolute Gasteiger partial charge is 0.226 e. The molecule has 0 spiro atoms. The number of aliphatic hydroxyl groups is 1. The first-order valence-electron chi connectivity index (χ1n) is 7.24. The monoisotopic (exact) mass is 330 g/mol. The molecule has 126 valence electrons. The molecule has 5 nitrogen and oxygen atoms in total. The van der Waals surface area contributed by atoms with Crippen molar-refractivity contribution in [1.82, 2.24) is 10.2 Å². The van der Waals surface area contributed by atoms with Gasteiger partial charge in [-0.05, 0) is 12.6 Å². The second-order valence-electron chi connectivity index (χ2n) is 5.33. The number of nitrogens with one attached hydrogen (secondary N) is 1. The maximum atomic E-state index is 12.0. The van der Waals surface area contributed by atoms with Gasteiger partial charge >= 0.3 is 0 Å². The minimum atomic E-state index is -0.676. The van der Waals surface area contributed by atoms with E-state index in [1.54, 1.807) is 11.9 Å². The van der Waals surface area contributed by atoms with E-state index < -0.39 is 6.10 Å². The van der Waals surface area contributed by atoms with Crippen LogP contribution in [0.15, 0.2) is 30.3 Å². The Morgan fingerprint density at radius 3 is 2.59 bits per heavy atom. The number of hydrogen-bond donors (Lipinski definition) is 2. The van der Waals surface area contributed by atoms with Gasteiger partial charge in [0.05, 0.1) is 19.3 Å². The molecular weight excluding hydrogens is 304 g/mol. The SMILES string of the molecule is CNCC(C)C(=O)N(C)CC(O)COCc1ccccc1.Cl. The molecule has 0 radical (unpaired) electrons. The molecule has 0 fully saturated rings. The molecule has 2 N–H and O–H groups in total. The van der Waals surface area contributed by atoms with E-state index in [-0.39, 0.29) is 37.4 Å². The zero-order chi connectivity index (χ0) is 15.7. The minimum Gasteiger partial charge on any atom is -0.389 e. The summed E-state index contributed by atoms with van der Waals surface area (Å²) in [5.41, 5.74) is 1.07. The van der Waals surface area contributed by atoms with Crippen LogP contribution < -0.4 is 5.32 Å². The van der Waals surface area contributed by atoms with Crippen molar-refractivity contribution in [1.29, 1.82) is 0 Å². The maximum Gasteiger partial charge on any atom is 0.226 e. The van der Waals surface area contributed by atoms with E-state index in [2.05, 4.69) is 5.32 Å². The summed E-state index contributed by atoms with van der Waals surface area (Å²) in [6.07, 6.45) is -0.676. The average molecular weight is 331 g/mol. The molecule has 0 bridgehead atoms. The molecule has 0 aliphatic heterocycles. The molecule has 6 heteroatoms. The van der Waals surface area contributed by atoms with Crippen LogP contribution in [0.5, 0.6) is 0 Å². The van der Waals surface area contributed by atoms with Gasteiger partial charge in [-0.1, -0.05) is 37.3 Å². The summed E-state index contributed by atoms with van der Waals surface area (Å²) < 4.78 is 5.47. The third-order valence-electron chi connectivity index (χ3n) is 3.21. The van der Waals surface area contributed by atoms with E-state index in [1.165, 1.54) is 0 Å². The van der Waals surface area contributed by atoms with Crippen molar-refractivity contribution >= 4 is 18.3 Å².